The molecule has 0 aromatic rings. The first-order valence-electron chi connectivity index (χ1n) is 3.57. The molecular formula is C4H11NO8P2. The molecule has 0 heterocycles. The van der Waals surface area contributed by atoms with Crippen molar-refractivity contribution in [2.24, 2.45) is 0 Å². The molecule has 9 nitrogen and oxygen atoms in total. The predicted octanol–water partition coefficient (Wildman–Crippen LogP) is -0.570. The highest BCUT2D eigenvalue weighted by Crippen LogP contribution is 2.36. The molecule has 0 rings (SSSR count). The SMILES string of the molecule is O=C(O)CN(C[PH](=O)OO)CP(=O)(O)O. The summed E-state index contributed by atoms with van der Waals surface area (Å²) in [6, 6.07) is 0. The van der Waals surface area contributed by atoms with Crippen LogP contribution in [-0.2, 0) is 18.6 Å². The minimum atomic E-state index is -4.44. The number of carboxylic acids is 1. The van der Waals surface area contributed by atoms with Gasteiger partial charge in [0.25, 0.3) is 0 Å². The molecule has 0 saturated carbocycles. The Morgan fingerprint density at radius 1 is 1.47 bits per heavy atom. The van der Waals surface area contributed by atoms with E-state index in [0.717, 1.165) is 4.90 Å². The molecule has 4 N–H and O–H groups in total. The quantitative estimate of drug-likeness (QED) is 0.269. The van der Waals surface area contributed by atoms with Gasteiger partial charge >= 0.3 is 13.6 Å². The summed E-state index contributed by atoms with van der Waals surface area (Å²) in [6.45, 7) is -0.703. The van der Waals surface area contributed by atoms with E-state index in [-0.39, 0.29) is 0 Å². The van der Waals surface area contributed by atoms with E-state index in [0.29, 0.717) is 0 Å². The fourth-order valence-corrected chi connectivity index (χ4v) is 2.37. The van der Waals surface area contributed by atoms with Gasteiger partial charge in [0.05, 0.1) is 12.8 Å². The van der Waals surface area contributed by atoms with E-state index >= 15 is 0 Å². The average Bonchev–Trinajstić information content (AvgIpc) is 1.99. The molecule has 0 amide bonds. The fourth-order valence-electron chi connectivity index (χ4n) is 0.819. The summed E-state index contributed by atoms with van der Waals surface area (Å²) < 4.78 is 24.7. The van der Waals surface area contributed by atoms with E-state index in [1.165, 1.54) is 0 Å². The van der Waals surface area contributed by atoms with Gasteiger partial charge in [0.2, 0.25) is 8.03 Å². The van der Waals surface area contributed by atoms with Crippen LogP contribution in [0.5, 0.6) is 0 Å². The molecule has 0 aromatic carbocycles. The van der Waals surface area contributed by atoms with Crippen molar-refractivity contribution in [3.8, 4) is 0 Å². The van der Waals surface area contributed by atoms with Crippen molar-refractivity contribution < 1.29 is 38.7 Å². The Morgan fingerprint density at radius 2 is 2.00 bits per heavy atom. The van der Waals surface area contributed by atoms with Crippen molar-refractivity contribution in [2.45, 2.75) is 0 Å². The fraction of sp³-hybridized carbons (Fsp3) is 0.750. The molecule has 0 aromatic heterocycles. The van der Waals surface area contributed by atoms with Gasteiger partial charge in [0, 0.05) is 0 Å². The smallest absolute Gasteiger partial charge is 0.339 e. The Kier molecular flexibility index (Phi) is 6.23. The minimum absolute atomic E-state index is 0.543. The Hall–Kier alpha value is -0.270. The van der Waals surface area contributed by atoms with Crippen LogP contribution in [0, 0.1) is 0 Å². The maximum absolute atomic E-state index is 10.7. The zero-order valence-corrected chi connectivity index (χ0v) is 9.33. The van der Waals surface area contributed by atoms with Crippen LogP contribution in [0.2, 0.25) is 0 Å². The van der Waals surface area contributed by atoms with Crippen LogP contribution in [0.15, 0.2) is 0 Å². The van der Waals surface area contributed by atoms with E-state index in [1.54, 1.807) is 0 Å². The van der Waals surface area contributed by atoms with Crippen molar-refractivity contribution in [1.82, 2.24) is 4.90 Å². The topological polar surface area (TPSA) is 145 Å². The number of rotatable bonds is 7. The molecule has 15 heavy (non-hydrogen) atoms. The summed E-state index contributed by atoms with van der Waals surface area (Å²) in [4.78, 5) is 28.1. The molecular weight excluding hydrogens is 252 g/mol. The maximum atomic E-state index is 10.7. The van der Waals surface area contributed by atoms with Crippen LogP contribution in [0.4, 0.5) is 0 Å². The van der Waals surface area contributed by atoms with Gasteiger partial charge in [-0.1, -0.05) is 0 Å². The van der Waals surface area contributed by atoms with Gasteiger partial charge in [0.1, 0.15) is 6.29 Å². The average molecular weight is 263 g/mol. The van der Waals surface area contributed by atoms with E-state index in [4.69, 9.17) is 20.2 Å². The lowest BCUT2D eigenvalue weighted by molar-refractivity contribution is -0.138. The Bertz CT molecular complexity index is 286. The van der Waals surface area contributed by atoms with Crippen LogP contribution in [-0.4, -0.2) is 50.1 Å². The van der Waals surface area contributed by atoms with E-state index in [1.807, 2.05) is 0 Å². The predicted molar refractivity (Wildman–Crippen MR) is 48.8 cm³/mol. The maximum Gasteiger partial charge on any atom is 0.339 e. The molecule has 1 atom stereocenters. The zero-order chi connectivity index (χ0) is 12.1. The standard InChI is InChI=1S/C4H11NO8P2/c6-4(7)1-5(2-14(9)13-8)3-15(10,11)12/h8,14H,1-3H2,(H,6,7)(H2,10,11,12). The van der Waals surface area contributed by atoms with E-state index < -0.39 is 40.7 Å². The lowest BCUT2D eigenvalue weighted by atomic mass is 10.6. The highest BCUT2D eigenvalue weighted by molar-refractivity contribution is 7.51. The number of carboxylic acid groups (broad SMARTS) is 1. The second kappa shape index (κ2) is 6.34. The molecule has 0 radical (unpaired) electrons. The van der Waals surface area contributed by atoms with Crippen LogP contribution in [0.1, 0.15) is 0 Å². The van der Waals surface area contributed by atoms with Crippen LogP contribution in [0.3, 0.4) is 0 Å². The summed E-state index contributed by atoms with van der Waals surface area (Å²) >= 11 is 0. The summed E-state index contributed by atoms with van der Waals surface area (Å²) in [5, 5.41) is 16.4. The van der Waals surface area contributed by atoms with Gasteiger partial charge < -0.3 is 14.9 Å². The molecule has 11 heteroatoms. The number of nitrogens with zero attached hydrogens (tertiary/aromatic N) is 1. The monoisotopic (exact) mass is 263 g/mol. The van der Waals surface area contributed by atoms with E-state index in [2.05, 4.69) is 4.67 Å². The van der Waals surface area contributed by atoms with E-state index in [9.17, 15) is 13.9 Å². The van der Waals surface area contributed by atoms with Gasteiger partial charge in [-0.05, 0) is 0 Å². The molecule has 0 saturated heterocycles. The second-order valence-corrected chi connectivity index (χ2v) is 5.51. The first-order chi connectivity index (χ1) is 6.74. The first-order valence-corrected chi connectivity index (χ1v) is 6.89. The van der Waals surface area contributed by atoms with Crippen molar-refractivity contribution in [3.05, 3.63) is 0 Å². The van der Waals surface area contributed by atoms with Gasteiger partial charge in [-0.25, -0.2) is 5.26 Å². The van der Waals surface area contributed by atoms with Crippen LogP contribution < -0.4 is 0 Å². The van der Waals surface area contributed by atoms with Crippen molar-refractivity contribution in [1.29, 1.82) is 0 Å². The van der Waals surface area contributed by atoms with Gasteiger partial charge in [-0.3, -0.25) is 18.8 Å². The molecule has 0 fully saturated rings. The molecule has 0 spiro atoms. The number of carbonyl (C=O) groups is 1. The molecule has 0 bridgehead atoms. The Morgan fingerprint density at radius 3 is 2.33 bits per heavy atom. The molecule has 1 unspecified atom stereocenters. The highest BCUT2D eigenvalue weighted by Gasteiger charge is 2.22. The van der Waals surface area contributed by atoms with Crippen molar-refractivity contribution >= 4 is 21.6 Å². The Labute approximate surface area is 85.2 Å². The summed E-state index contributed by atoms with van der Waals surface area (Å²) in [6.07, 6.45) is -1.41. The molecule has 0 aliphatic carbocycles. The lowest BCUT2D eigenvalue weighted by Gasteiger charge is -2.18. The van der Waals surface area contributed by atoms with Gasteiger partial charge in [-0.15, -0.1) is 0 Å². The largest absolute Gasteiger partial charge is 0.480 e. The third-order valence-corrected chi connectivity index (χ3v) is 2.88. The molecule has 90 valence electrons. The number of hydrogen-bond donors (Lipinski definition) is 4. The molecule has 0 aliphatic rings. The normalized spacial score (nSPS) is 14.1. The number of aliphatic carboxylic acids is 1. The van der Waals surface area contributed by atoms with Crippen molar-refractivity contribution in [2.75, 3.05) is 19.1 Å². The van der Waals surface area contributed by atoms with Gasteiger partial charge in [-0.2, -0.15) is 4.67 Å². The van der Waals surface area contributed by atoms with Crippen LogP contribution >= 0.6 is 15.6 Å². The molecule has 0 aliphatic heterocycles. The third kappa shape index (κ3) is 8.71. The van der Waals surface area contributed by atoms with Gasteiger partial charge in [0.15, 0.2) is 0 Å². The summed E-state index contributed by atoms with van der Waals surface area (Å²) in [7, 11) is -7.36. The Balaban J connectivity index is 4.38. The zero-order valence-electron chi connectivity index (χ0n) is 7.44. The number of hydrogen-bond acceptors (Lipinski definition) is 6. The third-order valence-electron chi connectivity index (χ3n) is 1.20. The highest BCUT2D eigenvalue weighted by atomic mass is 31.2. The second-order valence-electron chi connectivity index (χ2n) is 2.65. The summed E-state index contributed by atoms with van der Waals surface area (Å²) in [5.41, 5.74) is 0. The van der Waals surface area contributed by atoms with Crippen molar-refractivity contribution in [3.63, 3.8) is 0 Å². The van der Waals surface area contributed by atoms with Crippen LogP contribution in [0.25, 0.3) is 0 Å². The summed E-state index contributed by atoms with van der Waals surface area (Å²) in [5.74, 6) is -1.34. The lowest BCUT2D eigenvalue weighted by Crippen LogP contribution is -2.30. The minimum Gasteiger partial charge on any atom is -0.480 e. The first kappa shape index (κ1) is 14.7.